The Bertz CT molecular complexity index is 1730. The van der Waals surface area contributed by atoms with Crippen LogP contribution in [0.2, 0.25) is 0 Å². The Morgan fingerprint density at radius 3 is 2.70 bits per heavy atom. The summed E-state index contributed by atoms with van der Waals surface area (Å²) in [7, 11) is 0. The van der Waals surface area contributed by atoms with Gasteiger partial charge in [-0.25, -0.2) is 19.7 Å². The van der Waals surface area contributed by atoms with Crippen molar-refractivity contribution in [1.82, 2.24) is 19.9 Å². The summed E-state index contributed by atoms with van der Waals surface area (Å²) in [4.78, 5) is 40.4. The zero-order valence-corrected chi connectivity index (χ0v) is 25.5. The van der Waals surface area contributed by atoms with E-state index >= 15 is 0 Å². The van der Waals surface area contributed by atoms with Gasteiger partial charge >= 0.3 is 6.09 Å². The number of piperidine rings is 1. The van der Waals surface area contributed by atoms with Gasteiger partial charge in [0.05, 0.1) is 23.7 Å². The van der Waals surface area contributed by atoms with Gasteiger partial charge in [0.25, 0.3) is 0 Å². The number of anilines is 1. The van der Waals surface area contributed by atoms with E-state index in [9.17, 15) is 9.59 Å². The van der Waals surface area contributed by atoms with Crippen molar-refractivity contribution in [3.63, 3.8) is 0 Å². The average Bonchev–Trinajstić information content (AvgIpc) is 2.98. The molecule has 44 heavy (non-hydrogen) atoms. The number of nitrogens with zero attached hydrogens (tertiary/aromatic N) is 5. The lowest BCUT2D eigenvalue weighted by atomic mass is 9.97. The number of carbonyl (C=O) groups is 2. The summed E-state index contributed by atoms with van der Waals surface area (Å²) >= 11 is 0. The molecular formula is C34H36N6O4. The Balaban J connectivity index is 1.39. The second-order valence-corrected chi connectivity index (χ2v) is 11.9. The number of aromatic nitrogens is 3. The van der Waals surface area contributed by atoms with E-state index in [1.807, 2.05) is 76.2 Å². The number of nitriles is 1. The van der Waals surface area contributed by atoms with E-state index in [-0.39, 0.29) is 30.8 Å². The largest absolute Gasteiger partial charge is 0.444 e. The molecule has 1 atom stereocenters. The lowest BCUT2D eigenvalue weighted by Crippen LogP contribution is -2.47. The van der Waals surface area contributed by atoms with Crippen LogP contribution in [0.5, 0.6) is 11.6 Å². The molecular weight excluding hydrogens is 556 g/mol. The van der Waals surface area contributed by atoms with Gasteiger partial charge in [0, 0.05) is 43.3 Å². The molecule has 10 heteroatoms. The molecule has 1 aliphatic heterocycles. The Kier molecular flexibility index (Phi) is 9.04. The molecule has 1 N–H and O–H groups in total. The average molecular weight is 593 g/mol. The van der Waals surface area contributed by atoms with E-state index in [0.717, 1.165) is 34.7 Å². The minimum absolute atomic E-state index is 0.0243. The lowest BCUT2D eigenvalue weighted by molar-refractivity contribution is -0.117. The number of ether oxygens (including phenoxy) is 2. The first-order chi connectivity index (χ1) is 21.1. The van der Waals surface area contributed by atoms with Crippen molar-refractivity contribution in [1.29, 1.82) is 5.26 Å². The topological polar surface area (TPSA) is 130 Å². The summed E-state index contributed by atoms with van der Waals surface area (Å²) < 4.78 is 12.1. The SMILES string of the molecule is Cc1ccc2c(CC(=O)CC#N)cccc2c1Oc1ncccc1-c1ccnc(N[C@H]2CCCN(C(=O)OC(C)(C)C)C2)n1. The van der Waals surface area contributed by atoms with Gasteiger partial charge in [0.15, 0.2) is 5.78 Å². The number of amides is 1. The molecule has 226 valence electrons. The molecule has 1 saturated heterocycles. The maximum Gasteiger partial charge on any atom is 0.410 e. The van der Waals surface area contributed by atoms with Crippen molar-refractivity contribution >= 4 is 28.6 Å². The number of ketones is 1. The highest BCUT2D eigenvalue weighted by atomic mass is 16.6. The highest BCUT2D eigenvalue weighted by Gasteiger charge is 2.28. The molecule has 0 unspecified atom stereocenters. The van der Waals surface area contributed by atoms with Crippen LogP contribution in [0.3, 0.4) is 0 Å². The fourth-order valence-corrected chi connectivity index (χ4v) is 5.27. The first-order valence-corrected chi connectivity index (χ1v) is 14.7. The maximum atomic E-state index is 12.6. The Labute approximate surface area is 257 Å². The highest BCUT2D eigenvalue weighted by Crippen LogP contribution is 2.37. The molecule has 1 aliphatic rings. The molecule has 5 rings (SSSR count). The van der Waals surface area contributed by atoms with E-state index in [1.165, 1.54) is 0 Å². The monoisotopic (exact) mass is 592 g/mol. The number of rotatable bonds is 8. The van der Waals surface area contributed by atoms with E-state index in [2.05, 4.69) is 15.3 Å². The third-order valence-electron chi connectivity index (χ3n) is 7.27. The van der Waals surface area contributed by atoms with Crippen LogP contribution in [-0.2, 0) is 16.0 Å². The van der Waals surface area contributed by atoms with Crippen LogP contribution in [0, 0.1) is 18.3 Å². The third kappa shape index (κ3) is 7.29. The van der Waals surface area contributed by atoms with E-state index in [0.29, 0.717) is 41.9 Å². The number of aryl methyl sites for hydroxylation is 1. The van der Waals surface area contributed by atoms with Gasteiger partial charge in [-0.2, -0.15) is 5.26 Å². The number of likely N-dealkylation sites (tertiary alicyclic amines) is 1. The number of Topliss-reactive ketones (excluding diaryl/α,β-unsaturated/α-hetero) is 1. The number of nitrogens with one attached hydrogen (secondary N) is 1. The molecule has 2 aromatic heterocycles. The number of hydrogen-bond acceptors (Lipinski definition) is 9. The summed E-state index contributed by atoms with van der Waals surface area (Å²) in [6, 6.07) is 17.1. The molecule has 0 bridgehead atoms. The first-order valence-electron chi connectivity index (χ1n) is 14.7. The molecule has 2 aromatic carbocycles. The summed E-state index contributed by atoms with van der Waals surface area (Å²) in [5, 5.41) is 14.1. The molecule has 3 heterocycles. The Morgan fingerprint density at radius 1 is 1.07 bits per heavy atom. The number of hydrogen-bond donors (Lipinski definition) is 1. The molecule has 0 spiro atoms. The Hall–Kier alpha value is -5.04. The van der Waals surface area contributed by atoms with Crippen LogP contribution in [0.1, 0.15) is 51.2 Å². The standard InChI is InChI=1S/C34H36N6O4/c1-22-12-13-26-23(20-25(41)14-16-35)8-5-10-27(26)30(22)43-31-28(11-6-17-36-31)29-15-18-37-32(39-29)38-24-9-7-19-40(21-24)33(42)44-34(2,3)4/h5-6,8,10-13,15,17-18,24H,7,9,14,19-21H2,1-4H3,(H,37,38,39)/t24-/m0/s1. The van der Waals surface area contributed by atoms with Gasteiger partial charge < -0.3 is 19.7 Å². The molecule has 0 aliphatic carbocycles. The predicted octanol–water partition coefficient (Wildman–Crippen LogP) is 6.63. The molecule has 0 saturated carbocycles. The van der Waals surface area contributed by atoms with Gasteiger partial charge in [-0.05, 0) is 75.2 Å². The van der Waals surface area contributed by atoms with E-state index < -0.39 is 5.60 Å². The predicted molar refractivity (Wildman–Crippen MR) is 167 cm³/mol. The second kappa shape index (κ2) is 13.1. The molecule has 10 nitrogen and oxygen atoms in total. The molecule has 4 aromatic rings. The van der Waals surface area contributed by atoms with Crippen LogP contribution >= 0.6 is 0 Å². The molecule has 1 amide bonds. The summed E-state index contributed by atoms with van der Waals surface area (Å²) in [5.74, 6) is 1.33. The minimum Gasteiger partial charge on any atom is -0.444 e. The van der Waals surface area contributed by atoms with Crippen molar-refractivity contribution in [3.8, 4) is 29.0 Å². The van der Waals surface area contributed by atoms with Crippen LogP contribution in [0.25, 0.3) is 22.0 Å². The first kappa shape index (κ1) is 30.4. The van der Waals surface area contributed by atoms with Gasteiger partial charge in [0.1, 0.15) is 11.4 Å². The van der Waals surface area contributed by atoms with Gasteiger partial charge in [-0.1, -0.05) is 30.3 Å². The minimum atomic E-state index is -0.553. The van der Waals surface area contributed by atoms with E-state index in [4.69, 9.17) is 19.7 Å². The van der Waals surface area contributed by atoms with Crippen LogP contribution in [0.4, 0.5) is 10.7 Å². The van der Waals surface area contributed by atoms with Crippen LogP contribution in [-0.4, -0.2) is 56.5 Å². The summed E-state index contributed by atoms with van der Waals surface area (Å²) in [5.41, 5.74) is 2.52. The number of fused-ring (bicyclic) bond motifs is 1. The number of carbonyl (C=O) groups excluding carboxylic acids is 2. The van der Waals surface area contributed by atoms with Crippen LogP contribution < -0.4 is 10.1 Å². The lowest BCUT2D eigenvalue weighted by Gasteiger charge is -2.34. The normalized spacial score (nSPS) is 15.0. The van der Waals surface area contributed by atoms with Gasteiger partial charge in [-0.15, -0.1) is 0 Å². The van der Waals surface area contributed by atoms with Crippen molar-refractivity contribution in [2.45, 2.75) is 65.0 Å². The smallest absolute Gasteiger partial charge is 0.410 e. The van der Waals surface area contributed by atoms with Crippen molar-refractivity contribution in [2.75, 3.05) is 18.4 Å². The molecule has 0 radical (unpaired) electrons. The fourth-order valence-electron chi connectivity index (χ4n) is 5.27. The quantitative estimate of drug-likeness (QED) is 0.239. The zero-order chi connectivity index (χ0) is 31.3. The zero-order valence-electron chi connectivity index (χ0n) is 25.5. The Morgan fingerprint density at radius 2 is 1.91 bits per heavy atom. The maximum absolute atomic E-state index is 12.6. The second-order valence-electron chi connectivity index (χ2n) is 11.9. The molecule has 1 fully saturated rings. The summed E-state index contributed by atoms with van der Waals surface area (Å²) in [6.07, 6.45) is 4.80. The fraction of sp³-hybridized carbons (Fsp3) is 0.353. The number of benzene rings is 2. The van der Waals surface area contributed by atoms with E-state index in [1.54, 1.807) is 23.4 Å². The summed E-state index contributed by atoms with van der Waals surface area (Å²) in [6.45, 7) is 8.69. The van der Waals surface area contributed by atoms with Gasteiger partial charge in [-0.3, -0.25) is 4.79 Å². The highest BCUT2D eigenvalue weighted by molar-refractivity contribution is 5.95. The third-order valence-corrected chi connectivity index (χ3v) is 7.27. The van der Waals surface area contributed by atoms with Crippen LogP contribution in [0.15, 0.2) is 60.9 Å². The number of pyridine rings is 1. The van der Waals surface area contributed by atoms with Gasteiger partial charge in [0.2, 0.25) is 11.8 Å². The van der Waals surface area contributed by atoms with Crippen molar-refractivity contribution in [2.24, 2.45) is 0 Å². The van der Waals surface area contributed by atoms with Crippen molar-refractivity contribution in [3.05, 3.63) is 72.1 Å². The van der Waals surface area contributed by atoms with Crippen molar-refractivity contribution < 1.29 is 19.1 Å².